The molecule has 0 unspecified atom stereocenters. The molecule has 11 nitrogen and oxygen atoms in total. The average Bonchev–Trinajstić information content (AvgIpc) is 2.83. The quantitative estimate of drug-likeness (QED) is 0.271. The summed E-state index contributed by atoms with van der Waals surface area (Å²) in [5.41, 5.74) is 2.62. The van der Waals surface area contributed by atoms with E-state index in [1.807, 2.05) is 12.1 Å². The second-order valence-electron chi connectivity index (χ2n) is 9.08. The van der Waals surface area contributed by atoms with Crippen LogP contribution in [0, 0.1) is 0 Å². The summed E-state index contributed by atoms with van der Waals surface area (Å²) in [5.74, 6) is -0.838. The van der Waals surface area contributed by atoms with Crippen LogP contribution >= 0.6 is 0 Å². The number of ether oxygens (including phenoxy) is 4. The third-order valence-corrected chi connectivity index (χ3v) is 5.11. The van der Waals surface area contributed by atoms with Crippen molar-refractivity contribution in [2.24, 2.45) is 0 Å². The van der Waals surface area contributed by atoms with Crippen molar-refractivity contribution in [1.29, 1.82) is 0 Å². The molecule has 1 aromatic heterocycles. The van der Waals surface area contributed by atoms with Crippen molar-refractivity contribution >= 4 is 34.3 Å². The molecule has 0 fully saturated rings. The van der Waals surface area contributed by atoms with Gasteiger partial charge in [0, 0.05) is 17.1 Å². The third kappa shape index (κ3) is 8.58. The second-order valence-corrected chi connectivity index (χ2v) is 9.08. The van der Waals surface area contributed by atoms with Gasteiger partial charge in [-0.05, 0) is 29.2 Å². The molecule has 37 heavy (non-hydrogen) atoms. The first-order valence-corrected chi connectivity index (χ1v) is 11.6. The van der Waals surface area contributed by atoms with E-state index in [0.29, 0.717) is 28.2 Å². The molecule has 3 N–H and O–H groups in total. The Hall–Kier alpha value is -3.96. The Morgan fingerprint density at radius 2 is 1.49 bits per heavy atom. The SMILES string of the molecule is CC(C)(C)c1cccc(Nc2ncnc3cc(OCCOCC(=O)O)c(OCCOCC(=O)O)cc23)c1. The first-order chi connectivity index (χ1) is 17.6. The molecular formula is C26H31N3O8. The first-order valence-electron chi connectivity index (χ1n) is 11.6. The molecule has 198 valence electrons. The van der Waals surface area contributed by atoms with Gasteiger partial charge >= 0.3 is 11.9 Å². The fourth-order valence-corrected chi connectivity index (χ4v) is 3.33. The number of benzene rings is 2. The minimum absolute atomic E-state index is 0.0183. The van der Waals surface area contributed by atoms with Crippen LogP contribution in [0.15, 0.2) is 42.7 Å². The topological polar surface area (TPSA) is 149 Å². The van der Waals surface area contributed by atoms with Gasteiger partial charge in [-0.25, -0.2) is 19.6 Å². The van der Waals surface area contributed by atoms with E-state index in [2.05, 4.69) is 48.2 Å². The molecule has 0 amide bonds. The van der Waals surface area contributed by atoms with Crippen molar-refractivity contribution in [3.8, 4) is 11.5 Å². The number of aromatic nitrogens is 2. The van der Waals surface area contributed by atoms with E-state index in [1.165, 1.54) is 11.9 Å². The van der Waals surface area contributed by atoms with Crippen LogP contribution in [0.25, 0.3) is 10.9 Å². The van der Waals surface area contributed by atoms with E-state index in [-0.39, 0.29) is 31.8 Å². The maximum absolute atomic E-state index is 10.7. The van der Waals surface area contributed by atoms with Gasteiger partial charge < -0.3 is 34.5 Å². The Bertz CT molecular complexity index is 1230. The number of aliphatic carboxylic acids is 2. The molecule has 0 saturated carbocycles. The number of nitrogens with zero attached hydrogens (tertiary/aromatic N) is 2. The molecule has 11 heteroatoms. The zero-order chi connectivity index (χ0) is 26.8. The molecule has 0 atom stereocenters. The van der Waals surface area contributed by atoms with Crippen molar-refractivity contribution < 1.29 is 38.7 Å². The summed E-state index contributed by atoms with van der Waals surface area (Å²) in [6, 6.07) is 11.5. The van der Waals surface area contributed by atoms with Crippen molar-refractivity contribution in [3.05, 3.63) is 48.3 Å². The molecule has 0 aliphatic rings. The zero-order valence-electron chi connectivity index (χ0n) is 21.0. The van der Waals surface area contributed by atoms with Crippen molar-refractivity contribution in [3.63, 3.8) is 0 Å². The lowest BCUT2D eigenvalue weighted by Crippen LogP contribution is -2.14. The van der Waals surface area contributed by atoms with Gasteiger partial charge in [0.1, 0.15) is 38.6 Å². The summed E-state index contributed by atoms with van der Waals surface area (Å²) < 4.78 is 21.7. The minimum Gasteiger partial charge on any atom is -0.487 e. The van der Waals surface area contributed by atoms with Gasteiger partial charge in [-0.1, -0.05) is 32.9 Å². The molecule has 0 saturated heterocycles. The lowest BCUT2D eigenvalue weighted by Gasteiger charge is -2.20. The van der Waals surface area contributed by atoms with Crippen LogP contribution in [-0.2, 0) is 24.5 Å². The van der Waals surface area contributed by atoms with Crippen LogP contribution in [0.1, 0.15) is 26.3 Å². The molecule has 2 aromatic carbocycles. The van der Waals surface area contributed by atoms with Crippen LogP contribution in [0.4, 0.5) is 11.5 Å². The Morgan fingerprint density at radius 3 is 2.08 bits per heavy atom. The van der Waals surface area contributed by atoms with Gasteiger partial charge in [-0.15, -0.1) is 0 Å². The molecule has 1 heterocycles. The van der Waals surface area contributed by atoms with Gasteiger partial charge in [-0.2, -0.15) is 0 Å². The summed E-state index contributed by atoms with van der Waals surface area (Å²) in [5, 5.41) is 21.5. The molecule has 0 aliphatic heterocycles. The highest BCUT2D eigenvalue weighted by Gasteiger charge is 2.16. The molecule has 3 rings (SSSR count). The Balaban J connectivity index is 1.84. The van der Waals surface area contributed by atoms with E-state index in [1.54, 1.807) is 12.1 Å². The highest BCUT2D eigenvalue weighted by Crippen LogP contribution is 2.35. The van der Waals surface area contributed by atoms with Crippen LogP contribution in [-0.4, -0.2) is 71.8 Å². The number of fused-ring (bicyclic) bond motifs is 1. The van der Waals surface area contributed by atoms with Crippen LogP contribution < -0.4 is 14.8 Å². The van der Waals surface area contributed by atoms with Crippen molar-refractivity contribution in [2.45, 2.75) is 26.2 Å². The number of hydrogen-bond donors (Lipinski definition) is 3. The first kappa shape index (κ1) is 27.6. The zero-order valence-corrected chi connectivity index (χ0v) is 21.0. The number of hydrogen-bond acceptors (Lipinski definition) is 9. The van der Waals surface area contributed by atoms with E-state index in [9.17, 15) is 9.59 Å². The van der Waals surface area contributed by atoms with Crippen molar-refractivity contribution in [2.75, 3.05) is 45.0 Å². The van der Waals surface area contributed by atoms with Gasteiger partial charge in [0.05, 0.1) is 18.7 Å². The fourth-order valence-electron chi connectivity index (χ4n) is 3.33. The Morgan fingerprint density at radius 1 is 0.865 bits per heavy atom. The van der Waals surface area contributed by atoms with Crippen LogP contribution in [0.2, 0.25) is 0 Å². The number of carboxylic acids is 2. The molecule has 0 radical (unpaired) electrons. The number of rotatable bonds is 14. The normalized spacial score (nSPS) is 11.3. The highest BCUT2D eigenvalue weighted by atomic mass is 16.6. The standard InChI is InChI=1S/C26H31N3O8/c1-26(2,3)17-5-4-6-18(11-17)29-25-19-12-21(36-9-7-34-14-23(30)31)22(13-20(19)27-16-28-25)37-10-8-35-15-24(32)33/h4-6,11-13,16H,7-10,14-15H2,1-3H3,(H,30,31)(H,32,33)(H,27,28,29). The summed E-state index contributed by atoms with van der Waals surface area (Å²) >= 11 is 0. The summed E-state index contributed by atoms with van der Waals surface area (Å²) in [4.78, 5) is 30.0. The average molecular weight is 514 g/mol. The van der Waals surface area contributed by atoms with Crippen LogP contribution in [0.3, 0.4) is 0 Å². The summed E-state index contributed by atoms with van der Waals surface area (Å²) in [6.45, 7) is 5.85. The monoisotopic (exact) mass is 513 g/mol. The maximum Gasteiger partial charge on any atom is 0.329 e. The molecule has 0 spiro atoms. The van der Waals surface area contributed by atoms with E-state index in [0.717, 1.165) is 5.69 Å². The van der Waals surface area contributed by atoms with Crippen LogP contribution in [0.5, 0.6) is 11.5 Å². The summed E-state index contributed by atoms with van der Waals surface area (Å²) in [7, 11) is 0. The highest BCUT2D eigenvalue weighted by molar-refractivity contribution is 5.93. The predicted molar refractivity (Wildman–Crippen MR) is 136 cm³/mol. The molecule has 0 bridgehead atoms. The van der Waals surface area contributed by atoms with E-state index >= 15 is 0 Å². The predicted octanol–water partition coefficient (Wildman–Crippen LogP) is 3.63. The minimum atomic E-state index is -1.07. The van der Waals surface area contributed by atoms with Gasteiger partial charge in [0.25, 0.3) is 0 Å². The number of carboxylic acid groups (broad SMARTS) is 2. The smallest absolute Gasteiger partial charge is 0.329 e. The third-order valence-electron chi connectivity index (χ3n) is 5.11. The van der Waals surface area contributed by atoms with Gasteiger partial charge in [0.2, 0.25) is 0 Å². The maximum atomic E-state index is 10.7. The molecule has 3 aromatic rings. The molecular weight excluding hydrogens is 482 g/mol. The lowest BCUT2D eigenvalue weighted by molar-refractivity contribution is -0.143. The number of anilines is 2. The lowest BCUT2D eigenvalue weighted by atomic mass is 9.87. The van der Waals surface area contributed by atoms with Gasteiger partial charge in [0.15, 0.2) is 11.5 Å². The number of carbonyl (C=O) groups is 2. The Kier molecular flexibility index (Phi) is 9.58. The number of nitrogens with one attached hydrogen (secondary N) is 1. The van der Waals surface area contributed by atoms with E-state index in [4.69, 9.17) is 29.2 Å². The van der Waals surface area contributed by atoms with E-state index < -0.39 is 25.2 Å². The van der Waals surface area contributed by atoms with Gasteiger partial charge in [-0.3, -0.25) is 0 Å². The summed E-state index contributed by atoms with van der Waals surface area (Å²) in [6.07, 6.45) is 1.44. The largest absolute Gasteiger partial charge is 0.487 e. The molecule has 0 aliphatic carbocycles. The second kappa shape index (κ2) is 12.8. The Labute approximate surface area is 214 Å². The van der Waals surface area contributed by atoms with Crippen molar-refractivity contribution in [1.82, 2.24) is 9.97 Å². The fraction of sp³-hybridized carbons (Fsp3) is 0.385.